The molecule has 0 fully saturated rings. The van der Waals surface area contributed by atoms with Gasteiger partial charge >= 0.3 is 0 Å². The minimum Gasteiger partial charge on any atom is -0.495 e. The van der Waals surface area contributed by atoms with E-state index in [1.54, 1.807) is 31.0 Å². The summed E-state index contributed by atoms with van der Waals surface area (Å²) in [4.78, 5) is 21.1. The minimum atomic E-state index is -0.605. The Labute approximate surface area is 252 Å². The van der Waals surface area contributed by atoms with Crippen LogP contribution < -0.4 is 29.7 Å². The first-order chi connectivity index (χ1) is 20.9. The Kier molecular flexibility index (Phi) is 8.85. The number of methoxy groups -OCH3 is 2. The van der Waals surface area contributed by atoms with E-state index in [0.717, 1.165) is 29.9 Å². The van der Waals surface area contributed by atoms with Crippen LogP contribution in [-0.4, -0.2) is 54.6 Å². The molecule has 2 N–H and O–H groups in total. The predicted octanol–water partition coefficient (Wildman–Crippen LogP) is 6.13. The second-order valence-corrected chi connectivity index (χ2v) is 9.99. The highest BCUT2D eigenvalue weighted by atomic mass is 16.5. The van der Waals surface area contributed by atoms with Crippen molar-refractivity contribution in [2.24, 2.45) is 0 Å². The molecule has 43 heavy (non-hydrogen) atoms. The van der Waals surface area contributed by atoms with Gasteiger partial charge in [0.2, 0.25) is 5.95 Å². The number of ether oxygens (including phenoxy) is 3. The first kappa shape index (κ1) is 29.5. The van der Waals surface area contributed by atoms with E-state index in [-0.39, 0.29) is 5.91 Å². The summed E-state index contributed by atoms with van der Waals surface area (Å²) in [6.45, 7) is 10.4. The van der Waals surface area contributed by atoms with Gasteiger partial charge in [0.1, 0.15) is 11.8 Å². The van der Waals surface area contributed by atoms with Crippen molar-refractivity contribution in [3.8, 4) is 28.6 Å². The number of para-hydroxylation sites is 2. The molecule has 10 heteroatoms. The van der Waals surface area contributed by atoms with Crippen LogP contribution in [0.3, 0.4) is 0 Å². The van der Waals surface area contributed by atoms with Crippen LogP contribution in [0.25, 0.3) is 11.4 Å². The Morgan fingerprint density at radius 3 is 2.35 bits per heavy atom. The van der Waals surface area contributed by atoms with Gasteiger partial charge in [-0.25, -0.2) is 4.68 Å². The third-order valence-electron chi connectivity index (χ3n) is 7.51. The van der Waals surface area contributed by atoms with Crippen molar-refractivity contribution >= 4 is 23.2 Å². The van der Waals surface area contributed by atoms with Gasteiger partial charge in [-0.3, -0.25) is 4.79 Å². The summed E-state index contributed by atoms with van der Waals surface area (Å²) in [6, 6.07) is 20.6. The predicted molar refractivity (Wildman–Crippen MR) is 169 cm³/mol. The number of anilines is 3. The number of hydrogen-bond donors (Lipinski definition) is 2. The van der Waals surface area contributed by atoms with Crippen LogP contribution in [-0.2, 0) is 4.79 Å². The highest BCUT2D eigenvalue weighted by Gasteiger charge is 2.35. The lowest BCUT2D eigenvalue weighted by atomic mass is 9.94. The maximum atomic E-state index is 14.0. The van der Waals surface area contributed by atoms with Gasteiger partial charge < -0.3 is 29.7 Å². The van der Waals surface area contributed by atoms with Gasteiger partial charge in [0, 0.05) is 30.0 Å². The molecule has 3 aromatic carbocycles. The number of carbonyl (C=O) groups is 1. The lowest BCUT2D eigenvalue weighted by Crippen LogP contribution is -2.31. The highest BCUT2D eigenvalue weighted by Crippen LogP contribution is 2.40. The van der Waals surface area contributed by atoms with Crippen LogP contribution in [0, 0.1) is 0 Å². The number of nitrogens with one attached hydrogen (secondary N) is 2. The van der Waals surface area contributed by atoms with E-state index in [9.17, 15) is 4.79 Å². The minimum absolute atomic E-state index is 0.293. The molecule has 224 valence electrons. The highest BCUT2D eigenvalue weighted by molar-refractivity contribution is 6.06. The Bertz CT molecular complexity index is 1620. The Morgan fingerprint density at radius 1 is 0.953 bits per heavy atom. The van der Waals surface area contributed by atoms with Crippen molar-refractivity contribution in [2.75, 3.05) is 49.4 Å². The lowest BCUT2D eigenvalue weighted by Gasteiger charge is -2.29. The molecule has 0 aliphatic carbocycles. The normalized spacial score (nSPS) is 14.0. The zero-order valence-corrected chi connectivity index (χ0v) is 25.5. The summed E-state index contributed by atoms with van der Waals surface area (Å²) in [6.07, 6.45) is 0. The van der Waals surface area contributed by atoms with Crippen molar-refractivity contribution in [3.05, 3.63) is 83.6 Å². The molecule has 10 nitrogen and oxygen atoms in total. The molecule has 5 rings (SSSR count). The molecule has 1 atom stereocenters. The number of fused-ring (bicyclic) bond motifs is 1. The number of nitrogens with zero attached hydrogens (tertiary/aromatic N) is 4. The molecule has 1 aromatic heterocycles. The Hall–Kier alpha value is -4.99. The molecular weight excluding hydrogens is 544 g/mol. The van der Waals surface area contributed by atoms with E-state index in [4.69, 9.17) is 24.3 Å². The molecule has 1 aliphatic heterocycles. The molecule has 1 aliphatic rings. The van der Waals surface area contributed by atoms with Crippen molar-refractivity contribution < 1.29 is 19.0 Å². The largest absolute Gasteiger partial charge is 0.495 e. The third-order valence-corrected chi connectivity index (χ3v) is 7.51. The van der Waals surface area contributed by atoms with Crippen molar-refractivity contribution in [1.82, 2.24) is 14.8 Å². The molecule has 0 saturated heterocycles. The Morgan fingerprint density at radius 2 is 1.67 bits per heavy atom. The van der Waals surface area contributed by atoms with Crippen LogP contribution in [0.1, 0.15) is 39.3 Å². The van der Waals surface area contributed by atoms with Gasteiger partial charge in [0.15, 0.2) is 17.3 Å². The van der Waals surface area contributed by atoms with E-state index >= 15 is 0 Å². The van der Waals surface area contributed by atoms with Gasteiger partial charge in [0.05, 0.1) is 32.1 Å². The number of hydrogen-bond acceptors (Lipinski definition) is 8. The molecule has 2 heterocycles. The monoisotopic (exact) mass is 582 g/mol. The molecule has 1 amide bonds. The molecule has 1 unspecified atom stereocenters. The molecule has 0 radical (unpaired) electrons. The summed E-state index contributed by atoms with van der Waals surface area (Å²) in [5.41, 5.74) is 4.52. The maximum absolute atomic E-state index is 14.0. The summed E-state index contributed by atoms with van der Waals surface area (Å²) in [5.74, 6) is 2.54. The van der Waals surface area contributed by atoms with Crippen molar-refractivity contribution in [3.63, 3.8) is 0 Å². The molecular formula is C33H38N6O4. The van der Waals surface area contributed by atoms with Crippen molar-refractivity contribution in [1.29, 1.82) is 0 Å². The maximum Gasteiger partial charge on any atom is 0.255 e. The fourth-order valence-electron chi connectivity index (χ4n) is 5.35. The third kappa shape index (κ3) is 5.86. The van der Waals surface area contributed by atoms with E-state index in [2.05, 4.69) is 41.5 Å². The molecule has 0 spiro atoms. The van der Waals surface area contributed by atoms with E-state index < -0.39 is 6.04 Å². The van der Waals surface area contributed by atoms with E-state index in [1.807, 2.05) is 56.3 Å². The first-order valence-electron chi connectivity index (χ1n) is 14.5. The van der Waals surface area contributed by atoms with Gasteiger partial charge in [0.25, 0.3) is 5.91 Å². The number of rotatable bonds is 11. The molecule has 4 aromatic rings. The van der Waals surface area contributed by atoms with Gasteiger partial charge in [-0.1, -0.05) is 18.2 Å². The average molecular weight is 583 g/mol. The average Bonchev–Trinajstić information content (AvgIpc) is 3.45. The fourth-order valence-corrected chi connectivity index (χ4v) is 5.35. The van der Waals surface area contributed by atoms with Crippen LogP contribution in [0.15, 0.2) is 78.0 Å². The molecule has 0 saturated carbocycles. The van der Waals surface area contributed by atoms with E-state index in [1.165, 1.54) is 0 Å². The first-order valence-corrected chi connectivity index (χ1v) is 14.5. The zero-order chi connectivity index (χ0) is 30.5. The number of allylic oxidation sites excluding steroid dienone is 1. The van der Waals surface area contributed by atoms with Gasteiger partial charge in [-0.15, -0.1) is 5.10 Å². The Balaban J connectivity index is 1.59. The SMILES string of the molecule is CCOc1ccc(C2C(C(=O)Nc3ccccc3OC)=C(C)Nc3nc(-c4ccc(N(CC)CC)cc4)nn32)cc1OC. The number of amides is 1. The summed E-state index contributed by atoms with van der Waals surface area (Å²) >= 11 is 0. The quantitative estimate of drug-likeness (QED) is 0.218. The summed E-state index contributed by atoms with van der Waals surface area (Å²) in [7, 11) is 3.17. The lowest BCUT2D eigenvalue weighted by molar-refractivity contribution is -0.113. The number of aromatic nitrogens is 3. The van der Waals surface area contributed by atoms with Gasteiger partial charge in [-0.05, 0) is 81.8 Å². The standard InChI is InChI=1S/C33H38N6O4/c1-7-38(8-2)24-17-14-22(15-18-24)31-36-33-34-21(4)29(32(40)35-25-12-10-11-13-26(25)41-5)30(39(33)37-31)23-16-19-27(43-9-3)28(20-23)42-6/h10-20,30H,7-9H2,1-6H3,(H,35,40)(H,34,36,37). The topological polar surface area (TPSA) is 103 Å². The number of benzene rings is 3. The second-order valence-electron chi connectivity index (χ2n) is 9.99. The summed E-state index contributed by atoms with van der Waals surface area (Å²) in [5, 5.41) is 11.3. The smallest absolute Gasteiger partial charge is 0.255 e. The van der Waals surface area contributed by atoms with Crippen LogP contribution in [0.5, 0.6) is 17.2 Å². The second kappa shape index (κ2) is 12.9. The van der Waals surface area contributed by atoms with Crippen LogP contribution >= 0.6 is 0 Å². The zero-order valence-electron chi connectivity index (χ0n) is 25.5. The van der Waals surface area contributed by atoms with E-state index in [0.29, 0.717) is 52.6 Å². The van der Waals surface area contributed by atoms with Crippen LogP contribution in [0.2, 0.25) is 0 Å². The fraction of sp³-hybridized carbons (Fsp3) is 0.303. The van der Waals surface area contributed by atoms with Crippen LogP contribution in [0.4, 0.5) is 17.3 Å². The molecule has 0 bridgehead atoms. The number of carbonyl (C=O) groups excluding carboxylic acids is 1. The van der Waals surface area contributed by atoms with Crippen molar-refractivity contribution in [2.45, 2.75) is 33.7 Å². The summed E-state index contributed by atoms with van der Waals surface area (Å²) < 4.78 is 18.7. The van der Waals surface area contributed by atoms with Gasteiger partial charge in [-0.2, -0.15) is 4.98 Å².